The summed E-state index contributed by atoms with van der Waals surface area (Å²) >= 11 is 5.73. The number of carbonyl (C=O) groups excluding carboxylic acids is 1. The summed E-state index contributed by atoms with van der Waals surface area (Å²) in [5, 5.41) is 13.3. The molecule has 0 bridgehead atoms. The Morgan fingerprint density at radius 2 is 1.81 bits per heavy atom. The summed E-state index contributed by atoms with van der Waals surface area (Å²) in [4.78, 5) is 27.1. The number of anilines is 1. The van der Waals surface area contributed by atoms with Crippen molar-refractivity contribution < 1.29 is 37.3 Å². The van der Waals surface area contributed by atoms with Crippen molar-refractivity contribution in [3.63, 3.8) is 0 Å². The average Bonchev–Trinajstić information content (AvgIpc) is 2.83. The molecule has 0 aliphatic rings. The lowest BCUT2D eigenvalue weighted by Gasteiger charge is -2.17. The fraction of sp³-hybridized carbons (Fsp3) is 0.174. The Hall–Kier alpha value is -4.03. The summed E-state index contributed by atoms with van der Waals surface area (Å²) in [6.07, 6.45) is -3.42. The molecule has 0 radical (unpaired) electrons. The van der Waals surface area contributed by atoms with Gasteiger partial charge in [0.05, 0.1) is 16.3 Å². The molecule has 3 rings (SSSR count). The highest BCUT2D eigenvalue weighted by atomic mass is 35.5. The van der Waals surface area contributed by atoms with Crippen LogP contribution in [0.4, 0.5) is 23.7 Å². The van der Waals surface area contributed by atoms with Gasteiger partial charge in [0.1, 0.15) is 23.9 Å². The zero-order chi connectivity index (χ0) is 26.3. The molecule has 0 saturated carbocycles. The summed E-state index contributed by atoms with van der Waals surface area (Å²) in [6.45, 7) is 0.151. The van der Waals surface area contributed by atoms with E-state index in [0.29, 0.717) is 17.4 Å². The Morgan fingerprint density at radius 1 is 1.08 bits per heavy atom. The van der Waals surface area contributed by atoms with E-state index in [0.717, 1.165) is 6.07 Å². The molecule has 190 valence electrons. The number of carboxylic acid groups (broad SMARTS) is 1. The zero-order valence-electron chi connectivity index (χ0n) is 18.4. The average molecular weight is 525 g/mol. The number of nitrogens with two attached hydrogens (primary N) is 1. The summed E-state index contributed by atoms with van der Waals surface area (Å²) in [7, 11) is 0. The number of rotatable bonds is 9. The maximum atomic E-state index is 13.2. The van der Waals surface area contributed by atoms with Gasteiger partial charge in [0, 0.05) is 31.4 Å². The number of urea groups is 1. The van der Waals surface area contributed by atoms with Gasteiger partial charge in [0.2, 0.25) is 0 Å². The number of ether oxygens (including phenoxy) is 2. The number of nitrogens with zero attached hydrogens (tertiary/aromatic N) is 1. The molecule has 36 heavy (non-hydrogen) atoms. The smallest absolute Gasteiger partial charge is 0.417 e. The van der Waals surface area contributed by atoms with E-state index in [-0.39, 0.29) is 42.6 Å². The number of alkyl halides is 3. The molecule has 0 unspecified atom stereocenters. The molecule has 2 aromatic carbocycles. The number of hydrogen-bond donors (Lipinski definition) is 4. The van der Waals surface area contributed by atoms with Crippen LogP contribution in [-0.2, 0) is 12.7 Å². The second-order valence-electron chi connectivity index (χ2n) is 7.20. The number of carbonyl (C=O) groups is 2. The van der Waals surface area contributed by atoms with Gasteiger partial charge in [-0.3, -0.25) is 0 Å². The maximum absolute atomic E-state index is 13.2. The highest BCUT2D eigenvalue weighted by molar-refractivity contribution is 6.31. The highest BCUT2D eigenvalue weighted by Gasteiger charge is 2.34. The second-order valence-corrected chi connectivity index (χ2v) is 7.61. The largest absolute Gasteiger partial charge is 0.490 e. The summed E-state index contributed by atoms with van der Waals surface area (Å²) in [5.74, 6) is -0.557. The van der Waals surface area contributed by atoms with Crippen molar-refractivity contribution in [3.05, 3.63) is 76.6 Å². The van der Waals surface area contributed by atoms with Crippen molar-refractivity contribution in [1.29, 1.82) is 0 Å². The number of nitrogens with one attached hydrogen (secondary N) is 2. The molecule has 2 amide bonds. The number of aromatic nitrogens is 1. The second kappa shape index (κ2) is 11.6. The lowest BCUT2D eigenvalue weighted by Crippen LogP contribution is -2.28. The van der Waals surface area contributed by atoms with Gasteiger partial charge >= 0.3 is 18.2 Å². The normalized spacial score (nSPS) is 11.0. The predicted octanol–water partition coefficient (Wildman–Crippen LogP) is 4.90. The monoisotopic (exact) mass is 524 g/mol. The van der Waals surface area contributed by atoms with E-state index in [1.165, 1.54) is 18.3 Å². The lowest BCUT2D eigenvalue weighted by molar-refractivity contribution is -0.137. The van der Waals surface area contributed by atoms with Crippen molar-refractivity contribution in [2.45, 2.75) is 12.7 Å². The predicted molar refractivity (Wildman–Crippen MR) is 125 cm³/mol. The number of benzene rings is 2. The molecule has 0 fully saturated rings. The third-order valence-corrected chi connectivity index (χ3v) is 4.87. The fourth-order valence-corrected chi connectivity index (χ4v) is 3.17. The van der Waals surface area contributed by atoms with Crippen LogP contribution in [0, 0.1) is 0 Å². The van der Waals surface area contributed by atoms with Crippen LogP contribution >= 0.6 is 11.6 Å². The van der Waals surface area contributed by atoms with Gasteiger partial charge in [-0.2, -0.15) is 13.2 Å². The number of aromatic carboxylic acids is 1. The molecular weight excluding hydrogens is 505 g/mol. The van der Waals surface area contributed by atoms with Crippen molar-refractivity contribution in [2.24, 2.45) is 5.73 Å². The number of hydrogen-bond acceptors (Lipinski definition) is 6. The minimum absolute atomic E-state index is 0.00350. The Bertz CT molecular complexity index is 1240. The molecule has 13 heteroatoms. The molecule has 1 aromatic heterocycles. The van der Waals surface area contributed by atoms with Crippen LogP contribution < -0.4 is 25.8 Å². The minimum Gasteiger partial charge on any atom is -0.490 e. The standard InChI is InChI=1S/C23H20ClF3N4O5/c24-17-11-20(35-8-6-28)18(10-16(17)23(25,26)27)31-22(34)30-12-13-1-3-14(4-2-13)36-15-5-7-29-19(9-15)21(32)33/h1-5,7,9-11H,6,8,12,28H2,(H,32,33)(H2,30,31,34). The van der Waals surface area contributed by atoms with Crippen molar-refractivity contribution in [1.82, 2.24) is 10.3 Å². The van der Waals surface area contributed by atoms with Crippen LogP contribution in [0.3, 0.4) is 0 Å². The quantitative estimate of drug-likeness (QED) is 0.312. The van der Waals surface area contributed by atoms with Crippen molar-refractivity contribution in [2.75, 3.05) is 18.5 Å². The van der Waals surface area contributed by atoms with E-state index in [1.54, 1.807) is 24.3 Å². The van der Waals surface area contributed by atoms with Crippen LogP contribution in [0.1, 0.15) is 21.6 Å². The van der Waals surface area contributed by atoms with Gasteiger partial charge in [0.15, 0.2) is 5.69 Å². The number of halogens is 4. The maximum Gasteiger partial charge on any atom is 0.417 e. The first-order valence-corrected chi connectivity index (χ1v) is 10.7. The molecule has 1 heterocycles. The number of amides is 2. The van der Waals surface area contributed by atoms with Crippen molar-refractivity contribution >= 4 is 29.3 Å². The Labute approximate surface area is 208 Å². The van der Waals surface area contributed by atoms with Crippen LogP contribution in [0.15, 0.2) is 54.7 Å². The van der Waals surface area contributed by atoms with Crippen LogP contribution in [0.2, 0.25) is 5.02 Å². The molecule has 0 spiro atoms. The lowest BCUT2D eigenvalue weighted by atomic mass is 10.1. The van der Waals surface area contributed by atoms with E-state index < -0.39 is 28.8 Å². The first kappa shape index (κ1) is 26.6. The van der Waals surface area contributed by atoms with Gasteiger partial charge < -0.3 is 30.9 Å². The molecular formula is C23H20ClF3N4O5. The van der Waals surface area contributed by atoms with Crippen LogP contribution in [0.25, 0.3) is 0 Å². The minimum atomic E-state index is -4.73. The number of pyridine rings is 1. The summed E-state index contributed by atoms with van der Waals surface area (Å²) < 4.78 is 50.6. The molecule has 3 aromatic rings. The van der Waals surface area contributed by atoms with E-state index >= 15 is 0 Å². The topological polar surface area (TPSA) is 136 Å². The molecule has 0 atom stereocenters. The Kier molecular flexibility index (Phi) is 8.56. The highest BCUT2D eigenvalue weighted by Crippen LogP contribution is 2.40. The Balaban J connectivity index is 1.63. The first-order chi connectivity index (χ1) is 17.1. The molecule has 5 N–H and O–H groups in total. The van der Waals surface area contributed by atoms with Gasteiger partial charge in [-0.15, -0.1) is 0 Å². The summed E-state index contributed by atoms with van der Waals surface area (Å²) in [6, 6.07) is 10.1. The Morgan fingerprint density at radius 3 is 2.44 bits per heavy atom. The van der Waals surface area contributed by atoms with Gasteiger partial charge in [0.25, 0.3) is 0 Å². The van der Waals surface area contributed by atoms with E-state index in [1.807, 2.05) is 0 Å². The van der Waals surface area contributed by atoms with Gasteiger partial charge in [-0.25, -0.2) is 14.6 Å². The van der Waals surface area contributed by atoms with E-state index in [4.69, 9.17) is 31.9 Å². The molecule has 0 aliphatic carbocycles. The van der Waals surface area contributed by atoms with Crippen LogP contribution in [0.5, 0.6) is 17.2 Å². The molecule has 0 aliphatic heterocycles. The van der Waals surface area contributed by atoms with E-state index in [2.05, 4.69) is 15.6 Å². The van der Waals surface area contributed by atoms with Gasteiger partial charge in [-0.05, 0) is 29.8 Å². The molecule has 9 nitrogen and oxygen atoms in total. The first-order valence-electron chi connectivity index (χ1n) is 10.3. The third-order valence-electron chi connectivity index (χ3n) is 4.56. The van der Waals surface area contributed by atoms with Crippen LogP contribution in [-0.4, -0.2) is 35.2 Å². The van der Waals surface area contributed by atoms with Crippen molar-refractivity contribution in [3.8, 4) is 17.2 Å². The SMILES string of the molecule is NCCOc1cc(Cl)c(C(F)(F)F)cc1NC(=O)NCc1ccc(Oc2ccnc(C(=O)O)c2)cc1. The van der Waals surface area contributed by atoms with E-state index in [9.17, 15) is 22.8 Å². The zero-order valence-corrected chi connectivity index (χ0v) is 19.2. The van der Waals surface area contributed by atoms with Gasteiger partial charge in [-0.1, -0.05) is 23.7 Å². The fourth-order valence-electron chi connectivity index (χ4n) is 2.91. The summed E-state index contributed by atoms with van der Waals surface area (Å²) in [5.41, 5.74) is 4.52. The number of carboxylic acids is 1. The molecule has 0 saturated heterocycles. The third kappa shape index (κ3) is 7.23.